The van der Waals surface area contributed by atoms with Crippen molar-refractivity contribution in [3.05, 3.63) is 107 Å². The lowest BCUT2D eigenvalue weighted by Crippen LogP contribution is -2.58. The zero-order chi connectivity index (χ0) is 34.5. The number of methoxy groups -OCH3 is 1. The van der Waals surface area contributed by atoms with Crippen molar-refractivity contribution in [2.45, 2.75) is 70.9 Å². The van der Waals surface area contributed by atoms with Crippen LogP contribution in [0.25, 0.3) is 11.3 Å². The fourth-order valence-corrected chi connectivity index (χ4v) is 5.71. The second-order valence-electron chi connectivity index (χ2n) is 12.5. The lowest BCUT2D eigenvalue weighted by molar-refractivity contribution is -0.127. The number of aliphatic hydroxyl groups excluding tert-OH is 1. The Kier molecular flexibility index (Phi) is 13.0. The molecule has 0 spiro atoms. The summed E-state index contributed by atoms with van der Waals surface area (Å²) >= 11 is 1.36. The molecule has 0 aliphatic carbocycles. The summed E-state index contributed by atoms with van der Waals surface area (Å²) in [5.41, 5.74) is 4.59. The van der Waals surface area contributed by atoms with Gasteiger partial charge in [-0.1, -0.05) is 81.4 Å². The molecule has 4 N–H and O–H groups in total. The van der Waals surface area contributed by atoms with Gasteiger partial charge in [-0.25, -0.2) is 9.59 Å². The van der Waals surface area contributed by atoms with Gasteiger partial charge in [-0.2, -0.15) is 0 Å². The molecule has 11 nitrogen and oxygen atoms in total. The first-order chi connectivity index (χ1) is 23.0. The van der Waals surface area contributed by atoms with Gasteiger partial charge in [0.05, 0.1) is 35.3 Å². The number of ether oxygens (including phenoxy) is 2. The lowest BCUT2D eigenvalue weighted by atomic mass is 9.85. The van der Waals surface area contributed by atoms with Crippen molar-refractivity contribution in [3.8, 4) is 11.3 Å². The molecule has 0 radical (unpaired) electrons. The molecule has 0 bridgehead atoms. The van der Waals surface area contributed by atoms with Gasteiger partial charge in [0.25, 0.3) is 0 Å². The molecule has 0 aliphatic rings. The average molecular weight is 674 g/mol. The zero-order valence-corrected chi connectivity index (χ0v) is 28.4. The van der Waals surface area contributed by atoms with Crippen molar-refractivity contribution >= 4 is 29.4 Å². The summed E-state index contributed by atoms with van der Waals surface area (Å²) in [4.78, 5) is 48.0. The molecule has 0 saturated carbocycles. The minimum absolute atomic E-state index is 0.0325. The summed E-state index contributed by atoms with van der Waals surface area (Å²) < 4.78 is 10.2. The number of benzene rings is 2. The molecule has 254 valence electrons. The van der Waals surface area contributed by atoms with Crippen molar-refractivity contribution in [1.82, 2.24) is 25.9 Å². The largest absolute Gasteiger partial charge is 0.453 e. The smallest absolute Gasteiger partial charge is 0.408 e. The van der Waals surface area contributed by atoms with Gasteiger partial charge in [-0.15, -0.1) is 11.3 Å². The third-order valence-electron chi connectivity index (χ3n) is 7.74. The maximum absolute atomic E-state index is 13.8. The van der Waals surface area contributed by atoms with Crippen LogP contribution in [-0.4, -0.2) is 64.5 Å². The van der Waals surface area contributed by atoms with Crippen molar-refractivity contribution in [1.29, 1.82) is 0 Å². The number of hydrogen-bond acceptors (Lipinski definition) is 9. The summed E-state index contributed by atoms with van der Waals surface area (Å²) in [6, 6.07) is 20.8. The molecule has 2 aromatic heterocycles. The molecule has 48 heavy (non-hydrogen) atoms. The number of aliphatic hydroxyl groups is 1. The van der Waals surface area contributed by atoms with E-state index >= 15 is 0 Å². The quantitative estimate of drug-likeness (QED) is 0.141. The summed E-state index contributed by atoms with van der Waals surface area (Å²) in [6.45, 7) is 5.53. The molecule has 12 heteroatoms. The van der Waals surface area contributed by atoms with E-state index in [0.717, 1.165) is 27.3 Å². The molecule has 0 aliphatic heterocycles. The SMILES string of the molecule is COC(=O)NC(Cc1ccc(-c2ccccn2)cc1)CC(O)C(Cc1ccccc1)NC(=O)[C@@H](NC(=O)OCc1cncs1)C(C)(C)C. The molecule has 3 unspecified atom stereocenters. The van der Waals surface area contributed by atoms with E-state index in [1.54, 1.807) is 17.9 Å². The maximum Gasteiger partial charge on any atom is 0.408 e. The number of nitrogens with zero attached hydrogens (tertiary/aromatic N) is 2. The van der Waals surface area contributed by atoms with Gasteiger partial charge in [-0.3, -0.25) is 14.8 Å². The summed E-state index contributed by atoms with van der Waals surface area (Å²) in [7, 11) is 1.28. The van der Waals surface area contributed by atoms with Crippen LogP contribution in [-0.2, 0) is 33.7 Å². The van der Waals surface area contributed by atoms with Crippen molar-refractivity contribution < 1.29 is 29.0 Å². The topological polar surface area (TPSA) is 152 Å². The number of carbonyl (C=O) groups excluding carboxylic acids is 3. The number of aromatic nitrogens is 2. The first-order valence-corrected chi connectivity index (χ1v) is 16.6. The molecule has 2 aromatic carbocycles. The van der Waals surface area contributed by atoms with E-state index in [1.807, 2.05) is 93.6 Å². The van der Waals surface area contributed by atoms with Crippen LogP contribution in [0.5, 0.6) is 0 Å². The highest BCUT2D eigenvalue weighted by Crippen LogP contribution is 2.22. The Morgan fingerprint density at radius 2 is 1.58 bits per heavy atom. The maximum atomic E-state index is 13.8. The van der Waals surface area contributed by atoms with Crippen LogP contribution in [0.3, 0.4) is 0 Å². The minimum atomic E-state index is -1.08. The summed E-state index contributed by atoms with van der Waals surface area (Å²) in [5, 5.41) is 20.2. The Hall–Kier alpha value is -4.81. The first kappa shape index (κ1) is 36.0. The number of nitrogens with one attached hydrogen (secondary N) is 3. The lowest BCUT2D eigenvalue weighted by Gasteiger charge is -2.33. The number of hydrogen-bond donors (Lipinski definition) is 4. The third kappa shape index (κ3) is 11.2. The van der Waals surface area contributed by atoms with Gasteiger partial charge in [0.15, 0.2) is 0 Å². The Balaban J connectivity index is 1.50. The van der Waals surface area contributed by atoms with E-state index in [1.165, 1.54) is 18.4 Å². The molecule has 4 rings (SSSR count). The number of thiazole rings is 1. The number of carbonyl (C=O) groups is 3. The predicted molar refractivity (Wildman–Crippen MR) is 184 cm³/mol. The molecule has 4 atom stereocenters. The minimum Gasteiger partial charge on any atom is -0.453 e. The highest BCUT2D eigenvalue weighted by molar-refractivity contribution is 7.09. The van der Waals surface area contributed by atoms with Crippen LogP contribution in [0.4, 0.5) is 9.59 Å². The van der Waals surface area contributed by atoms with E-state index in [-0.39, 0.29) is 13.0 Å². The standard InChI is InChI=1S/C36H43N5O6S/c1-36(2,3)32(41-35(45)47-22-28-21-37-23-48-28)33(43)40-30(19-24-10-6-5-7-11-24)31(42)20-27(39-34(44)46-4)18-25-13-15-26(16-14-25)29-12-8-9-17-38-29/h5-17,21,23,27,30-32,42H,18-20,22H2,1-4H3,(H,39,44)(H,40,43)(H,41,45)/t27?,30?,31?,32-/m1/s1. The monoisotopic (exact) mass is 673 g/mol. The highest BCUT2D eigenvalue weighted by Gasteiger charge is 2.36. The van der Waals surface area contributed by atoms with E-state index in [0.29, 0.717) is 12.8 Å². The van der Waals surface area contributed by atoms with Crippen LogP contribution in [0.2, 0.25) is 0 Å². The van der Waals surface area contributed by atoms with Gasteiger partial charge in [0.1, 0.15) is 12.6 Å². The Morgan fingerprint density at radius 1 is 0.875 bits per heavy atom. The van der Waals surface area contributed by atoms with E-state index in [9.17, 15) is 19.5 Å². The molecule has 2 heterocycles. The normalized spacial score (nSPS) is 13.8. The second kappa shape index (κ2) is 17.4. The van der Waals surface area contributed by atoms with Crippen molar-refractivity contribution in [2.24, 2.45) is 5.41 Å². The van der Waals surface area contributed by atoms with E-state index in [4.69, 9.17) is 9.47 Å². The van der Waals surface area contributed by atoms with E-state index < -0.39 is 47.7 Å². The highest BCUT2D eigenvalue weighted by atomic mass is 32.1. The third-order valence-corrected chi connectivity index (χ3v) is 8.49. The molecule has 0 saturated heterocycles. The fraction of sp³-hybridized carbons (Fsp3) is 0.361. The molecular weight excluding hydrogens is 630 g/mol. The van der Waals surface area contributed by atoms with Crippen molar-refractivity contribution in [2.75, 3.05) is 7.11 Å². The summed E-state index contributed by atoms with van der Waals surface area (Å²) in [5.74, 6) is -0.472. The van der Waals surface area contributed by atoms with Gasteiger partial charge in [0, 0.05) is 24.0 Å². The van der Waals surface area contributed by atoms with Gasteiger partial charge >= 0.3 is 12.2 Å². The number of amides is 3. The Bertz CT molecular complexity index is 1580. The molecule has 4 aromatic rings. The Labute approximate surface area is 285 Å². The number of rotatable bonds is 14. The average Bonchev–Trinajstić information content (AvgIpc) is 3.60. The zero-order valence-electron chi connectivity index (χ0n) is 27.6. The van der Waals surface area contributed by atoms with Gasteiger partial charge in [0.2, 0.25) is 5.91 Å². The fourth-order valence-electron chi connectivity index (χ4n) is 5.21. The molecule has 0 fully saturated rings. The Morgan fingerprint density at radius 3 is 2.21 bits per heavy atom. The predicted octanol–water partition coefficient (Wildman–Crippen LogP) is 5.29. The molecular formula is C36H43N5O6S. The summed E-state index contributed by atoms with van der Waals surface area (Å²) in [6.07, 6.45) is 1.72. The number of alkyl carbamates (subject to hydrolysis) is 2. The first-order valence-electron chi connectivity index (χ1n) is 15.7. The van der Waals surface area contributed by atoms with Gasteiger partial charge in [-0.05, 0) is 47.9 Å². The second-order valence-corrected chi connectivity index (χ2v) is 13.5. The number of pyridine rings is 1. The van der Waals surface area contributed by atoms with Crippen LogP contribution in [0, 0.1) is 5.41 Å². The van der Waals surface area contributed by atoms with Gasteiger partial charge < -0.3 is 30.5 Å². The van der Waals surface area contributed by atoms with Crippen molar-refractivity contribution in [3.63, 3.8) is 0 Å². The van der Waals surface area contributed by atoms with Crippen LogP contribution in [0.1, 0.15) is 43.2 Å². The van der Waals surface area contributed by atoms with E-state index in [2.05, 4.69) is 25.9 Å². The van der Waals surface area contributed by atoms with Crippen LogP contribution < -0.4 is 16.0 Å². The van der Waals surface area contributed by atoms with Crippen LogP contribution in [0.15, 0.2) is 90.7 Å². The molecule has 3 amide bonds. The van der Waals surface area contributed by atoms with Crippen LogP contribution >= 0.6 is 11.3 Å².